The third-order valence-corrected chi connectivity index (χ3v) is 5.65. The largest absolute Gasteiger partial charge is 0.394 e. The van der Waals surface area contributed by atoms with Crippen molar-refractivity contribution in [1.29, 1.82) is 0 Å². The van der Waals surface area contributed by atoms with Crippen molar-refractivity contribution in [3.8, 4) is 0 Å². The zero-order valence-corrected chi connectivity index (χ0v) is 16.5. The van der Waals surface area contributed by atoms with Crippen molar-refractivity contribution in [3.63, 3.8) is 0 Å². The summed E-state index contributed by atoms with van der Waals surface area (Å²) in [5, 5.41) is 29.9. The van der Waals surface area contributed by atoms with Crippen molar-refractivity contribution in [2.75, 3.05) is 13.2 Å². The number of hydrogen-bond donors (Lipinski definition) is 3. The molecule has 30 heavy (non-hydrogen) atoms. The van der Waals surface area contributed by atoms with Crippen LogP contribution >= 0.6 is 0 Å². The van der Waals surface area contributed by atoms with Crippen molar-refractivity contribution in [3.05, 3.63) is 108 Å². The van der Waals surface area contributed by atoms with E-state index in [1.807, 2.05) is 91.0 Å². The van der Waals surface area contributed by atoms with Gasteiger partial charge in [-0.25, -0.2) is 0 Å². The highest BCUT2D eigenvalue weighted by atomic mass is 16.6. The summed E-state index contributed by atoms with van der Waals surface area (Å²) in [5.74, 6) is 0. The van der Waals surface area contributed by atoms with E-state index in [9.17, 15) is 15.3 Å². The molecule has 1 aliphatic heterocycles. The number of aliphatic hydroxyl groups excluding tert-OH is 3. The fourth-order valence-electron chi connectivity index (χ4n) is 4.09. The van der Waals surface area contributed by atoms with E-state index < -0.39 is 30.0 Å². The molecule has 4 rings (SSSR count). The van der Waals surface area contributed by atoms with Crippen molar-refractivity contribution in [2.24, 2.45) is 0 Å². The van der Waals surface area contributed by atoms with Gasteiger partial charge in [0.05, 0.1) is 13.2 Å². The van der Waals surface area contributed by atoms with Gasteiger partial charge in [-0.3, -0.25) is 0 Å². The number of aliphatic hydroxyl groups is 3. The molecule has 5 nitrogen and oxygen atoms in total. The number of benzene rings is 3. The van der Waals surface area contributed by atoms with Gasteiger partial charge in [0.25, 0.3) is 0 Å². The third kappa shape index (κ3) is 3.78. The normalized spacial score (nSPS) is 24.1. The van der Waals surface area contributed by atoms with Crippen molar-refractivity contribution >= 4 is 0 Å². The molecule has 0 spiro atoms. The first-order chi connectivity index (χ1) is 14.7. The van der Waals surface area contributed by atoms with Gasteiger partial charge >= 0.3 is 0 Å². The van der Waals surface area contributed by atoms with Crippen LogP contribution < -0.4 is 0 Å². The first-order valence-electron chi connectivity index (χ1n) is 10.1. The second kappa shape index (κ2) is 9.08. The van der Waals surface area contributed by atoms with Gasteiger partial charge in [-0.1, -0.05) is 91.0 Å². The lowest BCUT2D eigenvalue weighted by molar-refractivity contribution is -0.0878. The molecule has 0 aromatic heterocycles. The minimum absolute atomic E-state index is 0.0351. The van der Waals surface area contributed by atoms with Crippen LogP contribution in [0.2, 0.25) is 0 Å². The van der Waals surface area contributed by atoms with Gasteiger partial charge in [-0.15, -0.1) is 0 Å². The maximum Gasteiger partial charge on any atom is 0.143 e. The van der Waals surface area contributed by atoms with Gasteiger partial charge in [0.1, 0.15) is 30.0 Å². The van der Waals surface area contributed by atoms with Crippen molar-refractivity contribution in [1.82, 2.24) is 0 Å². The fourth-order valence-corrected chi connectivity index (χ4v) is 4.09. The first-order valence-corrected chi connectivity index (χ1v) is 10.1. The van der Waals surface area contributed by atoms with E-state index in [4.69, 9.17) is 9.47 Å². The molecule has 3 N–H and O–H groups in total. The molecule has 0 saturated carbocycles. The number of rotatable bonds is 7. The van der Waals surface area contributed by atoms with E-state index in [0.29, 0.717) is 0 Å². The van der Waals surface area contributed by atoms with Crippen LogP contribution in [-0.4, -0.2) is 52.9 Å². The number of hydrogen-bond acceptors (Lipinski definition) is 5. The summed E-state index contributed by atoms with van der Waals surface area (Å²) in [6, 6.07) is 29.7. The van der Waals surface area contributed by atoms with E-state index >= 15 is 0 Å². The molecule has 1 heterocycles. The lowest BCUT2D eigenvalue weighted by Crippen LogP contribution is -2.39. The summed E-state index contributed by atoms with van der Waals surface area (Å²) in [4.78, 5) is 0. The Morgan fingerprint density at radius 2 is 1.07 bits per heavy atom. The Balaban J connectivity index is 1.78. The van der Waals surface area contributed by atoms with Gasteiger partial charge in [-0.05, 0) is 16.7 Å². The molecule has 4 atom stereocenters. The van der Waals surface area contributed by atoms with Gasteiger partial charge in [0.15, 0.2) is 0 Å². The molecule has 3 aromatic carbocycles. The zero-order chi connectivity index (χ0) is 21.0. The van der Waals surface area contributed by atoms with Crippen molar-refractivity contribution < 1.29 is 24.8 Å². The Morgan fingerprint density at radius 1 is 0.667 bits per heavy atom. The van der Waals surface area contributed by atoms with Crippen LogP contribution in [0.4, 0.5) is 0 Å². The molecule has 1 fully saturated rings. The van der Waals surface area contributed by atoms with E-state index in [0.717, 1.165) is 16.7 Å². The molecule has 3 aromatic rings. The van der Waals surface area contributed by atoms with Crippen LogP contribution in [0.15, 0.2) is 91.0 Å². The highest BCUT2D eigenvalue weighted by Gasteiger charge is 2.45. The van der Waals surface area contributed by atoms with Crippen LogP contribution in [-0.2, 0) is 15.1 Å². The summed E-state index contributed by atoms with van der Waals surface area (Å²) < 4.78 is 12.3. The van der Waals surface area contributed by atoms with Crippen LogP contribution in [0.25, 0.3) is 0 Å². The van der Waals surface area contributed by atoms with Gasteiger partial charge < -0.3 is 24.8 Å². The Bertz CT molecular complexity index is 819. The predicted octanol–water partition coefficient (Wildman–Crippen LogP) is 2.48. The van der Waals surface area contributed by atoms with E-state index in [1.54, 1.807) is 0 Å². The Labute approximate surface area is 176 Å². The highest BCUT2D eigenvalue weighted by Crippen LogP contribution is 2.41. The quantitative estimate of drug-likeness (QED) is 0.526. The maximum atomic E-state index is 10.4. The Hall–Kier alpha value is -2.54. The van der Waals surface area contributed by atoms with Crippen LogP contribution in [0.5, 0.6) is 0 Å². The fraction of sp³-hybridized carbons (Fsp3) is 0.280. The van der Waals surface area contributed by atoms with E-state index in [1.165, 1.54) is 0 Å². The van der Waals surface area contributed by atoms with Gasteiger partial charge in [-0.2, -0.15) is 0 Å². The molecular formula is C25H26O5. The second-order valence-electron chi connectivity index (χ2n) is 7.47. The lowest BCUT2D eigenvalue weighted by Gasteiger charge is -2.37. The second-order valence-corrected chi connectivity index (χ2v) is 7.47. The van der Waals surface area contributed by atoms with E-state index in [2.05, 4.69) is 0 Å². The molecular weight excluding hydrogens is 380 g/mol. The molecule has 0 unspecified atom stereocenters. The average molecular weight is 406 g/mol. The molecule has 0 aliphatic carbocycles. The SMILES string of the molecule is OC[C@@H]1O[C@@H](COC(c2ccccc2)(c2ccccc2)c2ccccc2)[C@@H](O)[C@@H]1O. The first kappa shape index (κ1) is 20.7. The smallest absolute Gasteiger partial charge is 0.143 e. The standard InChI is InChI=1S/C25H26O5/c26-16-21-23(27)24(28)22(30-21)17-29-25(18-10-4-1-5-11-18,19-12-6-2-7-13-19)20-14-8-3-9-15-20/h1-15,21-24,26-28H,16-17H2/t21-,22-,23+,24+/m0/s1. The molecule has 0 amide bonds. The molecule has 0 radical (unpaired) electrons. The molecule has 0 bridgehead atoms. The Kier molecular flexibility index (Phi) is 6.27. The third-order valence-electron chi connectivity index (χ3n) is 5.65. The van der Waals surface area contributed by atoms with Crippen LogP contribution in [0.1, 0.15) is 16.7 Å². The predicted molar refractivity (Wildman–Crippen MR) is 113 cm³/mol. The topological polar surface area (TPSA) is 79.2 Å². The van der Waals surface area contributed by atoms with E-state index in [-0.39, 0.29) is 13.2 Å². The highest BCUT2D eigenvalue weighted by molar-refractivity contribution is 5.47. The zero-order valence-electron chi connectivity index (χ0n) is 16.5. The summed E-state index contributed by atoms with van der Waals surface area (Å²) >= 11 is 0. The molecule has 156 valence electrons. The lowest BCUT2D eigenvalue weighted by atomic mass is 9.80. The monoisotopic (exact) mass is 406 g/mol. The van der Waals surface area contributed by atoms with Crippen LogP contribution in [0.3, 0.4) is 0 Å². The average Bonchev–Trinajstić information content (AvgIpc) is 3.09. The maximum absolute atomic E-state index is 10.4. The molecule has 1 saturated heterocycles. The summed E-state index contributed by atoms with van der Waals surface area (Å²) in [6.45, 7) is -0.330. The van der Waals surface area contributed by atoms with Gasteiger partial charge in [0.2, 0.25) is 0 Å². The number of ether oxygens (including phenoxy) is 2. The summed E-state index contributed by atoms with van der Waals surface area (Å²) in [5.41, 5.74) is 1.88. The minimum Gasteiger partial charge on any atom is -0.394 e. The summed E-state index contributed by atoms with van der Waals surface area (Å²) in [6.07, 6.45) is -3.87. The molecule has 5 heteroatoms. The van der Waals surface area contributed by atoms with Gasteiger partial charge in [0, 0.05) is 0 Å². The Morgan fingerprint density at radius 3 is 1.43 bits per heavy atom. The summed E-state index contributed by atoms with van der Waals surface area (Å²) in [7, 11) is 0. The van der Waals surface area contributed by atoms with Crippen LogP contribution in [0, 0.1) is 0 Å². The minimum atomic E-state index is -1.15. The van der Waals surface area contributed by atoms with Crippen molar-refractivity contribution in [2.45, 2.75) is 30.0 Å². The molecule has 1 aliphatic rings.